The Bertz CT molecular complexity index is 495. The van der Waals surface area contributed by atoms with Crippen LogP contribution in [0.2, 0.25) is 0 Å². The predicted octanol–water partition coefficient (Wildman–Crippen LogP) is 2.50. The van der Waals surface area contributed by atoms with E-state index in [-0.39, 0.29) is 0 Å². The lowest BCUT2D eigenvalue weighted by Crippen LogP contribution is -2.31. The first-order chi connectivity index (χ1) is 10.1. The van der Waals surface area contributed by atoms with Crippen molar-refractivity contribution >= 4 is 17.8 Å². The van der Waals surface area contributed by atoms with E-state index in [1.807, 2.05) is 0 Å². The van der Waals surface area contributed by atoms with E-state index in [9.17, 15) is 0 Å². The highest BCUT2D eigenvalue weighted by Crippen LogP contribution is 2.46. The molecule has 0 spiro atoms. The zero-order valence-electron chi connectivity index (χ0n) is 13.3. The fourth-order valence-corrected chi connectivity index (χ4v) is 2.77. The van der Waals surface area contributed by atoms with Gasteiger partial charge in [-0.3, -0.25) is 0 Å². The average molecular weight is 290 g/mol. The van der Waals surface area contributed by atoms with Gasteiger partial charge in [0.2, 0.25) is 17.8 Å². The summed E-state index contributed by atoms with van der Waals surface area (Å²) in [6.45, 7) is 9.50. The summed E-state index contributed by atoms with van der Waals surface area (Å²) in [5.41, 5.74) is 0.357. The normalized spacial score (nSPS) is 23.8. The maximum absolute atomic E-state index is 4.64. The minimum absolute atomic E-state index is 0.357. The van der Waals surface area contributed by atoms with Crippen molar-refractivity contribution in [2.24, 2.45) is 5.41 Å². The Kier molecular flexibility index (Phi) is 3.87. The van der Waals surface area contributed by atoms with Crippen molar-refractivity contribution in [3.8, 4) is 0 Å². The van der Waals surface area contributed by atoms with E-state index < -0.39 is 0 Å². The number of rotatable bonds is 5. The Morgan fingerprint density at radius 3 is 2.38 bits per heavy atom. The molecule has 1 unspecified atom stereocenters. The minimum Gasteiger partial charge on any atom is -0.354 e. The summed E-state index contributed by atoms with van der Waals surface area (Å²) in [5.74, 6) is 2.19. The standard InChI is InChI=1S/C15H26N6/c1-4-16-12-18-13(17-11-10-15(11,2)3)20-14(19-12)21-8-6-5-7-9-21/h11H,4-10H2,1-3H3,(H2,16,17,18,19,20). The summed E-state index contributed by atoms with van der Waals surface area (Å²) in [6, 6.07) is 0.476. The molecule has 116 valence electrons. The van der Waals surface area contributed by atoms with Crippen molar-refractivity contribution in [2.75, 3.05) is 35.2 Å². The first kappa shape index (κ1) is 14.4. The van der Waals surface area contributed by atoms with Crippen molar-refractivity contribution in [1.29, 1.82) is 0 Å². The molecule has 1 saturated carbocycles. The van der Waals surface area contributed by atoms with Crippen LogP contribution in [0.3, 0.4) is 0 Å². The molecule has 2 heterocycles. The van der Waals surface area contributed by atoms with E-state index in [1.165, 1.54) is 25.7 Å². The van der Waals surface area contributed by atoms with Gasteiger partial charge in [0.1, 0.15) is 0 Å². The highest BCUT2D eigenvalue weighted by molar-refractivity contribution is 5.45. The molecular weight excluding hydrogens is 264 g/mol. The average Bonchev–Trinajstić information content (AvgIpc) is 3.06. The van der Waals surface area contributed by atoms with Crippen LogP contribution >= 0.6 is 0 Å². The summed E-state index contributed by atoms with van der Waals surface area (Å²) in [5, 5.41) is 6.67. The third-order valence-electron chi connectivity index (χ3n) is 4.41. The Morgan fingerprint density at radius 1 is 1.10 bits per heavy atom. The Morgan fingerprint density at radius 2 is 1.76 bits per heavy atom. The lowest BCUT2D eigenvalue weighted by atomic mass is 10.1. The largest absolute Gasteiger partial charge is 0.354 e. The third kappa shape index (κ3) is 3.36. The second kappa shape index (κ2) is 5.66. The zero-order valence-corrected chi connectivity index (χ0v) is 13.3. The first-order valence-corrected chi connectivity index (χ1v) is 8.10. The summed E-state index contributed by atoms with van der Waals surface area (Å²) in [4.78, 5) is 16.0. The number of nitrogens with one attached hydrogen (secondary N) is 2. The zero-order chi connectivity index (χ0) is 14.9. The number of hydrogen-bond acceptors (Lipinski definition) is 6. The molecule has 1 saturated heterocycles. The fourth-order valence-electron chi connectivity index (χ4n) is 2.77. The van der Waals surface area contributed by atoms with Crippen molar-refractivity contribution in [3.63, 3.8) is 0 Å². The molecule has 6 heteroatoms. The van der Waals surface area contributed by atoms with Crippen LogP contribution in [0.4, 0.5) is 17.8 Å². The summed E-state index contributed by atoms with van der Waals surface area (Å²) in [7, 11) is 0. The molecule has 0 amide bonds. The van der Waals surface area contributed by atoms with Crippen LogP contribution in [0.15, 0.2) is 0 Å². The van der Waals surface area contributed by atoms with Gasteiger partial charge in [-0.15, -0.1) is 0 Å². The van der Waals surface area contributed by atoms with E-state index in [1.54, 1.807) is 0 Å². The van der Waals surface area contributed by atoms with Crippen LogP contribution in [-0.2, 0) is 0 Å². The number of aromatic nitrogens is 3. The summed E-state index contributed by atoms with van der Waals surface area (Å²) >= 11 is 0. The monoisotopic (exact) mass is 290 g/mol. The van der Waals surface area contributed by atoms with Crippen molar-refractivity contribution in [1.82, 2.24) is 15.0 Å². The van der Waals surface area contributed by atoms with Crippen LogP contribution < -0.4 is 15.5 Å². The Hall–Kier alpha value is -1.59. The van der Waals surface area contributed by atoms with Gasteiger partial charge in [-0.2, -0.15) is 15.0 Å². The molecule has 3 rings (SSSR count). The van der Waals surface area contributed by atoms with Gasteiger partial charge in [0.15, 0.2) is 0 Å². The van der Waals surface area contributed by atoms with E-state index in [0.29, 0.717) is 23.4 Å². The lowest BCUT2D eigenvalue weighted by Gasteiger charge is -2.27. The van der Waals surface area contributed by atoms with Crippen molar-refractivity contribution < 1.29 is 0 Å². The quantitative estimate of drug-likeness (QED) is 0.868. The molecular formula is C15H26N6. The van der Waals surface area contributed by atoms with Crippen molar-refractivity contribution in [2.45, 2.75) is 52.5 Å². The van der Waals surface area contributed by atoms with Crippen LogP contribution in [-0.4, -0.2) is 40.6 Å². The highest BCUT2D eigenvalue weighted by atomic mass is 15.3. The molecule has 0 radical (unpaired) electrons. The minimum atomic E-state index is 0.357. The Labute approximate surface area is 126 Å². The molecule has 2 N–H and O–H groups in total. The molecule has 2 fully saturated rings. The second-order valence-electron chi connectivity index (χ2n) is 6.75. The number of hydrogen-bond donors (Lipinski definition) is 2. The second-order valence-corrected chi connectivity index (χ2v) is 6.75. The topological polar surface area (TPSA) is 66.0 Å². The summed E-state index contributed by atoms with van der Waals surface area (Å²) in [6.07, 6.45) is 4.93. The third-order valence-corrected chi connectivity index (χ3v) is 4.41. The smallest absolute Gasteiger partial charge is 0.231 e. The molecule has 6 nitrogen and oxygen atoms in total. The molecule has 1 aliphatic heterocycles. The number of nitrogens with zero attached hydrogens (tertiary/aromatic N) is 4. The fraction of sp³-hybridized carbons (Fsp3) is 0.800. The molecule has 0 bridgehead atoms. The van der Waals surface area contributed by atoms with Crippen LogP contribution in [0.25, 0.3) is 0 Å². The number of piperidine rings is 1. The number of anilines is 3. The van der Waals surface area contributed by atoms with Gasteiger partial charge in [-0.05, 0) is 38.0 Å². The SMILES string of the molecule is CCNc1nc(NC2CC2(C)C)nc(N2CCCCC2)n1. The maximum atomic E-state index is 4.64. The maximum Gasteiger partial charge on any atom is 0.231 e. The molecule has 1 atom stereocenters. The Balaban J connectivity index is 1.79. The van der Waals surface area contributed by atoms with Gasteiger partial charge < -0.3 is 15.5 Å². The lowest BCUT2D eigenvalue weighted by molar-refractivity contribution is 0.567. The molecule has 0 aromatic carbocycles. The van der Waals surface area contributed by atoms with Crippen LogP contribution in [0.1, 0.15) is 46.5 Å². The van der Waals surface area contributed by atoms with E-state index in [2.05, 4.69) is 51.3 Å². The van der Waals surface area contributed by atoms with Crippen LogP contribution in [0.5, 0.6) is 0 Å². The molecule has 21 heavy (non-hydrogen) atoms. The molecule has 2 aliphatic rings. The van der Waals surface area contributed by atoms with Gasteiger partial charge in [-0.25, -0.2) is 0 Å². The van der Waals surface area contributed by atoms with Gasteiger partial charge in [0, 0.05) is 25.7 Å². The van der Waals surface area contributed by atoms with Crippen molar-refractivity contribution in [3.05, 3.63) is 0 Å². The highest BCUT2D eigenvalue weighted by Gasteiger charge is 2.46. The molecule has 1 aliphatic carbocycles. The van der Waals surface area contributed by atoms with E-state index in [0.717, 1.165) is 25.6 Å². The van der Waals surface area contributed by atoms with Crippen LogP contribution in [0, 0.1) is 5.41 Å². The molecule has 1 aromatic rings. The summed E-state index contributed by atoms with van der Waals surface area (Å²) < 4.78 is 0. The molecule has 1 aromatic heterocycles. The van der Waals surface area contributed by atoms with Gasteiger partial charge in [0.25, 0.3) is 0 Å². The predicted molar refractivity (Wildman–Crippen MR) is 85.9 cm³/mol. The van der Waals surface area contributed by atoms with Gasteiger partial charge in [0.05, 0.1) is 0 Å². The first-order valence-electron chi connectivity index (χ1n) is 8.10. The van der Waals surface area contributed by atoms with Gasteiger partial charge >= 0.3 is 0 Å². The van der Waals surface area contributed by atoms with Gasteiger partial charge in [-0.1, -0.05) is 13.8 Å². The van der Waals surface area contributed by atoms with E-state index in [4.69, 9.17) is 0 Å². The van der Waals surface area contributed by atoms with E-state index >= 15 is 0 Å².